The molecule has 1 amide bonds. The quantitative estimate of drug-likeness (QED) is 0.491. The molecule has 3 aromatic rings. The van der Waals surface area contributed by atoms with E-state index in [1.165, 1.54) is 0 Å². The van der Waals surface area contributed by atoms with Gasteiger partial charge >= 0.3 is 0 Å². The lowest BCUT2D eigenvalue weighted by molar-refractivity contribution is -0.121. The van der Waals surface area contributed by atoms with E-state index in [-0.39, 0.29) is 5.91 Å². The van der Waals surface area contributed by atoms with Crippen molar-refractivity contribution >= 4 is 5.91 Å². The summed E-state index contributed by atoms with van der Waals surface area (Å²) < 4.78 is 22.0. The SMILES string of the molecule is COc1ccc(OC)c(CCC(=O)NCc2ccc(OCc3ccncc3)c(OC)c2)c1. The van der Waals surface area contributed by atoms with E-state index in [0.29, 0.717) is 37.5 Å². The minimum absolute atomic E-state index is 0.0492. The summed E-state index contributed by atoms with van der Waals surface area (Å²) in [6.07, 6.45) is 4.35. The van der Waals surface area contributed by atoms with Crippen molar-refractivity contribution in [2.45, 2.75) is 26.0 Å². The van der Waals surface area contributed by atoms with Crippen molar-refractivity contribution in [1.29, 1.82) is 0 Å². The Kier molecular flexibility index (Phi) is 8.31. The highest BCUT2D eigenvalue weighted by Crippen LogP contribution is 2.29. The number of nitrogens with one attached hydrogen (secondary N) is 1. The monoisotopic (exact) mass is 436 g/mol. The number of nitrogens with zero attached hydrogens (tertiary/aromatic N) is 1. The number of rotatable bonds is 11. The number of benzene rings is 2. The van der Waals surface area contributed by atoms with Crippen LogP contribution in [0.2, 0.25) is 0 Å². The Morgan fingerprint density at radius 1 is 0.844 bits per heavy atom. The smallest absolute Gasteiger partial charge is 0.220 e. The fourth-order valence-corrected chi connectivity index (χ4v) is 3.20. The summed E-state index contributed by atoms with van der Waals surface area (Å²) in [5.41, 5.74) is 2.87. The molecule has 0 aliphatic rings. The number of hydrogen-bond acceptors (Lipinski definition) is 6. The summed E-state index contributed by atoms with van der Waals surface area (Å²) in [7, 11) is 4.82. The largest absolute Gasteiger partial charge is 0.497 e. The van der Waals surface area contributed by atoms with Crippen LogP contribution in [0.15, 0.2) is 60.9 Å². The summed E-state index contributed by atoms with van der Waals surface area (Å²) in [5, 5.41) is 2.95. The first-order valence-electron chi connectivity index (χ1n) is 10.3. The number of amides is 1. The van der Waals surface area contributed by atoms with Gasteiger partial charge in [-0.15, -0.1) is 0 Å². The van der Waals surface area contributed by atoms with Crippen molar-refractivity contribution in [2.24, 2.45) is 0 Å². The molecule has 0 saturated heterocycles. The van der Waals surface area contributed by atoms with Crippen molar-refractivity contribution < 1.29 is 23.7 Å². The lowest BCUT2D eigenvalue weighted by atomic mass is 10.1. The Balaban J connectivity index is 1.53. The van der Waals surface area contributed by atoms with Crippen LogP contribution >= 0.6 is 0 Å². The molecule has 7 nitrogen and oxygen atoms in total. The molecular formula is C25H28N2O5. The Labute approximate surface area is 188 Å². The van der Waals surface area contributed by atoms with Gasteiger partial charge in [0, 0.05) is 25.4 Å². The molecule has 0 unspecified atom stereocenters. The van der Waals surface area contributed by atoms with E-state index in [2.05, 4.69) is 10.3 Å². The van der Waals surface area contributed by atoms with Crippen LogP contribution in [0.25, 0.3) is 0 Å². The van der Waals surface area contributed by atoms with E-state index in [0.717, 1.165) is 28.2 Å². The number of pyridine rings is 1. The van der Waals surface area contributed by atoms with E-state index in [1.807, 2.05) is 48.5 Å². The van der Waals surface area contributed by atoms with Gasteiger partial charge in [-0.3, -0.25) is 9.78 Å². The van der Waals surface area contributed by atoms with Crippen molar-refractivity contribution in [3.05, 3.63) is 77.6 Å². The Bertz CT molecular complexity index is 1020. The minimum Gasteiger partial charge on any atom is -0.497 e. The van der Waals surface area contributed by atoms with Crippen LogP contribution in [0, 0.1) is 0 Å². The highest BCUT2D eigenvalue weighted by Gasteiger charge is 2.10. The molecule has 1 heterocycles. The zero-order valence-corrected chi connectivity index (χ0v) is 18.6. The molecule has 0 bridgehead atoms. The predicted octanol–water partition coefficient (Wildman–Crippen LogP) is 3.94. The maximum Gasteiger partial charge on any atom is 0.220 e. The van der Waals surface area contributed by atoms with E-state index in [1.54, 1.807) is 33.7 Å². The number of aromatic nitrogens is 1. The molecule has 0 spiro atoms. The topological polar surface area (TPSA) is 78.9 Å². The second kappa shape index (κ2) is 11.6. The molecule has 0 atom stereocenters. The van der Waals surface area contributed by atoms with Crippen LogP contribution in [-0.4, -0.2) is 32.2 Å². The third kappa shape index (κ3) is 6.38. The van der Waals surface area contributed by atoms with Gasteiger partial charge in [-0.05, 0) is 65.6 Å². The first-order chi connectivity index (χ1) is 15.6. The molecule has 1 aromatic heterocycles. The zero-order chi connectivity index (χ0) is 22.8. The van der Waals surface area contributed by atoms with Crippen LogP contribution in [0.5, 0.6) is 23.0 Å². The highest BCUT2D eigenvalue weighted by atomic mass is 16.5. The summed E-state index contributed by atoms with van der Waals surface area (Å²) in [6, 6.07) is 15.0. The van der Waals surface area contributed by atoms with Gasteiger partial charge in [-0.2, -0.15) is 0 Å². The Hall–Kier alpha value is -3.74. The summed E-state index contributed by atoms with van der Waals surface area (Å²) in [4.78, 5) is 16.4. The third-order valence-corrected chi connectivity index (χ3v) is 4.97. The van der Waals surface area contributed by atoms with E-state index >= 15 is 0 Å². The van der Waals surface area contributed by atoms with Gasteiger partial charge in [0.2, 0.25) is 5.91 Å². The molecule has 7 heteroatoms. The van der Waals surface area contributed by atoms with Crippen LogP contribution in [0.3, 0.4) is 0 Å². The van der Waals surface area contributed by atoms with Crippen molar-refractivity contribution in [2.75, 3.05) is 21.3 Å². The van der Waals surface area contributed by atoms with Crippen LogP contribution in [0.1, 0.15) is 23.1 Å². The first-order valence-corrected chi connectivity index (χ1v) is 10.3. The molecule has 0 saturated carbocycles. The average molecular weight is 437 g/mol. The number of carbonyl (C=O) groups is 1. The number of carbonyl (C=O) groups excluding carboxylic acids is 1. The Morgan fingerprint density at radius 3 is 2.31 bits per heavy atom. The number of hydrogen-bond donors (Lipinski definition) is 1. The van der Waals surface area contributed by atoms with Gasteiger partial charge in [0.15, 0.2) is 11.5 Å². The summed E-state index contributed by atoms with van der Waals surface area (Å²) >= 11 is 0. The highest BCUT2D eigenvalue weighted by molar-refractivity contribution is 5.76. The molecule has 1 N–H and O–H groups in total. The molecular weight excluding hydrogens is 408 g/mol. The van der Waals surface area contributed by atoms with Gasteiger partial charge in [-0.1, -0.05) is 6.07 Å². The standard InChI is InChI=1S/C25H28N2O5/c1-29-21-6-8-22(30-2)20(15-21)5-9-25(28)27-16-19-4-7-23(24(14-19)31-3)32-17-18-10-12-26-13-11-18/h4,6-8,10-15H,5,9,16-17H2,1-3H3,(H,27,28). The zero-order valence-electron chi connectivity index (χ0n) is 18.6. The normalized spacial score (nSPS) is 10.3. The van der Waals surface area contributed by atoms with Gasteiger partial charge in [0.1, 0.15) is 18.1 Å². The maximum atomic E-state index is 12.4. The lowest BCUT2D eigenvalue weighted by Crippen LogP contribution is -2.23. The molecule has 32 heavy (non-hydrogen) atoms. The number of methoxy groups -OCH3 is 3. The van der Waals surface area contributed by atoms with Crippen LogP contribution in [0.4, 0.5) is 0 Å². The molecule has 168 valence electrons. The third-order valence-electron chi connectivity index (χ3n) is 4.97. The van der Waals surface area contributed by atoms with Gasteiger partial charge in [0.05, 0.1) is 21.3 Å². The maximum absolute atomic E-state index is 12.4. The van der Waals surface area contributed by atoms with E-state index in [4.69, 9.17) is 18.9 Å². The molecule has 0 aliphatic heterocycles. The average Bonchev–Trinajstić information content (AvgIpc) is 2.85. The van der Waals surface area contributed by atoms with Gasteiger partial charge < -0.3 is 24.3 Å². The van der Waals surface area contributed by atoms with Crippen molar-refractivity contribution in [3.8, 4) is 23.0 Å². The molecule has 3 rings (SSSR count). The molecule has 2 aromatic carbocycles. The van der Waals surface area contributed by atoms with Crippen LogP contribution in [-0.2, 0) is 24.4 Å². The van der Waals surface area contributed by atoms with E-state index < -0.39 is 0 Å². The summed E-state index contributed by atoms with van der Waals surface area (Å²) in [5.74, 6) is 2.69. The fourth-order valence-electron chi connectivity index (χ4n) is 3.20. The minimum atomic E-state index is -0.0492. The van der Waals surface area contributed by atoms with Gasteiger partial charge in [-0.25, -0.2) is 0 Å². The Morgan fingerprint density at radius 2 is 1.59 bits per heavy atom. The second-order valence-electron chi connectivity index (χ2n) is 7.08. The number of ether oxygens (including phenoxy) is 4. The lowest BCUT2D eigenvalue weighted by Gasteiger charge is -2.13. The molecule has 0 aliphatic carbocycles. The van der Waals surface area contributed by atoms with Crippen LogP contribution < -0.4 is 24.3 Å². The molecule has 0 radical (unpaired) electrons. The van der Waals surface area contributed by atoms with Crippen molar-refractivity contribution in [1.82, 2.24) is 10.3 Å². The molecule has 0 fully saturated rings. The van der Waals surface area contributed by atoms with Gasteiger partial charge in [0.25, 0.3) is 0 Å². The van der Waals surface area contributed by atoms with E-state index in [9.17, 15) is 4.79 Å². The van der Waals surface area contributed by atoms with Crippen molar-refractivity contribution in [3.63, 3.8) is 0 Å². The fraction of sp³-hybridized carbons (Fsp3) is 0.280. The summed E-state index contributed by atoms with van der Waals surface area (Å²) in [6.45, 7) is 0.817. The predicted molar refractivity (Wildman–Crippen MR) is 121 cm³/mol. The second-order valence-corrected chi connectivity index (χ2v) is 7.08. The first kappa shape index (κ1) is 22.9. The number of aryl methyl sites for hydroxylation is 1.